The van der Waals surface area contributed by atoms with E-state index in [1.165, 1.54) is 36.0 Å². The van der Waals surface area contributed by atoms with Crippen LogP contribution in [0.2, 0.25) is 0 Å². The van der Waals surface area contributed by atoms with Crippen molar-refractivity contribution >= 4 is 56.4 Å². The molecule has 12 heteroatoms. The number of aliphatic imine (C=N–C) groups is 1. The number of carbonyl (C=O) groups excluding carboxylic acids is 2. The number of hydrogen-bond acceptors (Lipinski definition) is 7. The van der Waals surface area contributed by atoms with Crippen molar-refractivity contribution in [2.45, 2.75) is 6.61 Å². The molecule has 37 heavy (non-hydrogen) atoms. The van der Waals surface area contributed by atoms with E-state index in [1.807, 2.05) is 16.9 Å². The second kappa shape index (κ2) is 10.1. The van der Waals surface area contributed by atoms with E-state index in [1.54, 1.807) is 42.5 Å². The van der Waals surface area contributed by atoms with Crippen LogP contribution in [0.4, 0.5) is 15.8 Å². The summed E-state index contributed by atoms with van der Waals surface area (Å²) in [4.78, 5) is 28.7. The average molecular weight is 539 g/mol. The van der Waals surface area contributed by atoms with Gasteiger partial charge >= 0.3 is 10.2 Å². The largest absolute Gasteiger partial charge is 0.489 e. The van der Waals surface area contributed by atoms with Gasteiger partial charge in [-0.3, -0.25) is 9.59 Å². The summed E-state index contributed by atoms with van der Waals surface area (Å²) in [6.07, 6.45) is 1.73. The summed E-state index contributed by atoms with van der Waals surface area (Å²) in [6, 6.07) is 19.6. The van der Waals surface area contributed by atoms with Crippen molar-refractivity contribution in [3.63, 3.8) is 0 Å². The van der Waals surface area contributed by atoms with Gasteiger partial charge in [-0.25, -0.2) is 18.4 Å². The minimum Gasteiger partial charge on any atom is -0.489 e. The van der Waals surface area contributed by atoms with Gasteiger partial charge < -0.3 is 10.1 Å². The Morgan fingerprint density at radius 1 is 1.00 bits per heavy atom. The second-order valence-corrected chi connectivity index (χ2v) is 10.6. The van der Waals surface area contributed by atoms with Gasteiger partial charge in [-0.15, -0.1) is 0 Å². The first kappa shape index (κ1) is 24.5. The highest BCUT2D eigenvalue weighted by molar-refractivity contribution is 8.18. The Kier molecular flexibility index (Phi) is 6.68. The number of anilines is 1. The molecule has 0 unspecified atom stereocenters. The smallest absolute Gasteiger partial charge is 0.326 e. The average Bonchev–Trinajstić information content (AvgIpc) is 3.36. The predicted octanol–water partition coefficient (Wildman–Crippen LogP) is 3.48. The predicted molar refractivity (Wildman–Crippen MR) is 139 cm³/mol. The first-order chi connectivity index (χ1) is 17.7. The number of amidine groups is 1. The van der Waals surface area contributed by atoms with Gasteiger partial charge in [-0.1, -0.05) is 24.3 Å². The molecule has 2 aliphatic rings. The van der Waals surface area contributed by atoms with Crippen LogP contribution >= 0.6 is 11.8 Å². The van der Waals surface area contributed by atoms with Crippen LogP contribution in [-0.4, -0.2) is 31.9 Å². The van der Waals surface area contributed by atoms with Gasteiger partial charge in [-0.2, -0.15) is 8.42 Å². The highest BCUT2D eigenvalue weighted by Gasteiger charge is 2.33. The van der Waals surface area contributed by atoms with Crippen molar-refractivity contribution in [3.8, 4) is 5.75 Å². The number of halogens is 1. The van der Waals surface area contributed by atoms with E-state index in [2.05, 4.69) is 10.3 Å². The molecule has 2 amide bonds. The van der Waals surface area contributed by atoms with Crippen molar-refractivity contribution in [2.24, 2.45) is 4.99 Å². The van der Waals surface area contributed by atoms with Crippen molar-refractivity contribution < 1.29 is 27.1 Å². The zero-order chi connectivity index (χ0) is 26.0. The standard InChI is InChI=1S/C25H19FN4O5S2/c26-18-5-1-17(2-6-18)15-35-21-11-3-16(4-12-21)13-22-24(32)28-25(36-22)27-19-7-9-20(10-8-19)30-14-23(31)29-37(30,33)34/h1-13H,14-15H2,(H,29,31)(H,27,28,32). The van der Waals surface area contributed by atoms with Crippen LogP contribution in [0.25, 0.3) is 6.08 Å². The number of carbonyl (C=O) groups is 2. The SMILES string of the molecule is O=C1CN(c2ccc(N=C3NC(=O)C(=Cc4ccc(OCc5ccc(F)cc5)cc4)S3)cc2)S(=O)(=O)N1. The Morgan fingerprint density at radius 3 is 2.35 bits per heavy atom. The molecule has 2 N–H and O–H groups in total. The Hall–Kier alpha value is -4.16. The van der Waals surface area contributed by atoms with Gasteiger partial charge in [0.1, 0.15) is 24.7 Å². The zero-order valence-corrected chi connectivity index (χ0v) is 20.7. The molecule has 2 fully saturated rings. The Labute approximate surface area is 216 Å². The molecule has 9 nitrogen and oxygen atoms in total. The number of rotatable bonds is 6. The lowest BCUT2D eigenvalue weighted by Gasteiger charge is -2.14. The van der Waals surface area contributed by atoms with Gasteiger partial charge in [0, 0.05) is 0 Å². The second-order valence-electron chi connectivity index (χ2n) is 8.02. The number of nitrogens with zero attached hydrogens (tertiary/aromatic N) is 2. The molecule has 0 aromatic heterocycles. The molecule has 0 atom stereocenters. The first-order valence-electron chi connectivity index (χ1n) is 11.0. The van der Waals surface area contributed by atoms with Gasteiger partial charge in [0.2, 0.25) is 0 Å². The number of benzene rings is 3. The molecule has 0 saturated carbocycles. The molecule has 3 aromatic rings. The lowest BCUT2D eigenvalue weighted by Crippen LogP contribution is -2.29. The molecule has 0 radical (unpaired) electrons. The maximum absolute atomic E-state index is 13.0. The molecule has 2 saturated heterocycles. The lowest BCUT2D eigenvalue weighted by molar-refractivity contribution is -0.117. The quantitative estimate of drug-likeness (QED) is 0.464. The van der Waals surface area contributed by atoms with E-state index < -0.39 is 16.1 Å². The zero-order valence-electron chi connectivity index (χ0n) is 19.0. The van der Waals surface area contributed by atoms with Gasteiger partial charge in [0.25, 0.3) is 11.8 Å². The third kappa shape index (κ3) is 5.81. The minimum absolute atomic E-state index is 0.280. The van der Waals surface area contributed by atoms with E-state index in [4.69, 9.17) is 4.74 Å². The van der Waals surface area contributed by atoms with Crippen LogP contribution < -0.4 is 19.1 Å². The van der Waals surface area contributed by atoms with E-state index in [-0.39, 0.29) is 18.3 Å². The lowest BCUT2D eigenvalue weighted by atomic mass is 10.2. The molecule has 2 aliphatic heterocycles. The van der Waals surface area contributed by atoms with Gasteiger partial charge in [0.15, 0.2) is 5.17 Å². The summed E-state index contributed by atoms with van der Waals surface area (Å²) in [5.41, 5.74) is 2.48. The monoisotopic (exact) mass is 538 g/mol. The number of hydrogen-bond donors (Lipinski definition) is 2. The molecular weight excluding hydrogens is 519 g/mol. The van der Waals surface area contributed by atoms with Gasteiger partial charge in [0.05, 0.1) is 16.3 Å². The Morgan fingerprint density at radius 2 is 1.70 bits per heavy atom. The van der Waals surface area contributed by atoms with E-state index in [9.17, 15) is 22.4 Å². The summed E-state index contributed by atoms with van der Waals surface area (Å²) in [5, 5.41) is 3.09. The van der Waals surface area contributed by atoms with Gasteiger partial charge in [-0.05, 0) is 77.5 Å². The summed E-state index contributed by atoms with van der Waals surface area (Å²) in [5.74, 6) is -0.541. The Bertz CT molecular complexity index is 1520. The van der Waals surface area contributed by atoms with Crippen molar-refractivity contribution in [3.05, 3.63) is 94.6 Å². The summed E-state index contributed by atoms with van der Waals surface area (Å²) < 4.78 is 45.6. The van der Waals surface area contributed by atoms with Crippen LogP contribution in [-0.2, 0) is 26.4 Å². The van der Waals surface area contributed by atoms with Crippen molar-refractivity contribution in [2.75, 3.05) is 10.8 Å². The fourth-order valence-corrected chi connectivity index (χ4v) is 5.52. The fraction of sp³-hybridized carbons (Fsp3) is 0.0800. The van der Waals surface area contributed by atoms with Crippen LogP contribution in [0.15, 0.2) is 82.7 Å². The minimum atomic E-state index is -3.88. The number of amides is 2. The molecule has 0 spiro atoms. The Balaban J connectivity index is 1.22. The molecule has 0 bridgehead atoms. The molecule has 188 valence electrons. The summed E-state index contributed by atoms with van der Waals surface area (Å²) >= 11 is 1.18. The van der Waals surface area contributed by atoms with E-state index in [0.717, 1.165) is 15.4 Å². The molecular formula is C25H19FN4O5S2. The third-order valence-corrected chi connectivity index (χ3v) is 7.65. The fourth-order valence-electron chi connectivity index (χ4n) is 3.53. The number of ether oxygens (including phenoxy) is 1. The molecule has 2 heterocycles. The van der Waals surface area contributed by atoms with Crippen LogP contribution in [0.5, 0.6) is 5.75 Å². The topological polar surface area (TPSA) is 117 Å². The highest BCUT2D eigenvalue weighted by atomic mass is 32.2. The number of thioether (sulfide) groups is 1. The normalized spacial score (nSPS) is 18.8. The maximum Gasteiger partial charge on any atom is 0.326 e. The first-order valence-corrected chi connectivity index (χ1v) is 13.2. The van der Waals surface area contributed by atoms with Crippen LogP contribution in [0.3, 0.4) is 0 Å². The maximum atomic E-state index is 13.0. The van der Waals surface area contributed by atoms with E-state index >= 15 is 0 Å². The number of nitrogens with one attached hydrogen (secondary N) is 2. The summed E-state index contributed by atoms with van der Waals surface area (Å²) in [7, 11) is -3.88. The molecule has 3 aromatic carbocycles. The van der Waals surface area contributed by atoms with Crippen molar-refractivity contribution in [1.29, 1.82) is 0 Å². The molecule has 0 aliphatic carbocycles. The highest BCUT2D eigenvalue weighted by Crippen LogP contribution is 2.30. The summed E-state index contributed by atoms with van der Waals surface area (Å²) in [6.45, 7) is 0.0280. The van der Waals surface area contributed by atoms with E-state index in [0.29, 0.717) is 33.8 Å². The molecule has 5 rings (SSSR count). The van der Waals surface area contributed by atoms with Crippen LogP contribution in [0, 0.1) is 5.82 Å². The third-order valence-electron chi connectivity index (χ3n) is 5.34. The van der Waals surface area contributed by atoms with Crippen LogP contribution in [0.1, 0.15) is 11.1 Å². The van der Waals surface area contributed by atoms with Crippen molar-refractivity contribution in [1.82, 2.24) is 10.0 Å².